The number of rotatable bonds is 8. The molecule has 0 saturated carbocycles. The largest absolute Gasteiger partial charge is 0.379 e. The topological polar surface area (TPSA) is 86.3 Å². The van der Waals surface area contributed by atoms with Crippen LogP contribution in [0.3, 0.4) is 0 Å². The number of hydrogen-bond donors (Lipinski definition) is 2. The van der Waals surface area contributed by atoms with Gasteiger partial charge in [0.1, 0.15) is 0 Å². The van der Waals surface area contributed by atoms with E-state index in [2.05, 4.69) is 27.4 Å². The molecule has 2 aliphatic heterocycles. The van der Waals surface area contributed by atoms with Gasteiger partial charge < -0.3 is 15.4 Å². The Morgan fingerprint density at radius 3 is 2.48 bits per heavy atom. The molecule has 158 valence electrons. The van der Waals surface area contributed by atoms with Crippen LogP contribution in [0.1, 0.15) is 33.1 Å². The maximum Gasteiger partial charge on any atom is 0.214 e. The van der Waals surface area contributed by atoms with E-state index in [1.807, 2.05) is 6.92 Å². The van der Waals surface area contributed by atoms with Gasteiger partial charge in [0, 0.05) is 52.4 Å². The Morgan fingerprint density at radius 1 is 1.22 bits per heavy atom. The number of morpholine rings is 1. The minimum atomic E-state index is -3.08. The van der Waals surface area contributed by atoms with E-state index >= 15 is 0 Å². The number of piperidine rings is 1. The van der Waals surface area contributed by atoms with Crippen molar-refractivity contribution in [1.29, 1.82) is 0 Å². The summed E-state index contributed by atoms with van der Waals surface area (Å²) < 4.78 is 31.4. The highest BCUT2D eigenvalue weighted by molar-refractivity contribution is 7.89. The second-order valence-electron chi connectivity index (χ2n) is 7.60. The fourth-order valence-electron chi connectivity index (χ4n) is 3.61. The second-order valence-corrected chi connectivity index (χ2v) is 9.69. The number of aliphatic imine (C=N–C) groups is 1. The average molecular weight is 404 g/mol. The first kappa shape index (κ1) is 22.4. The van der Waals surface area contributed by atoms with E-state index in [0.29, 0.717) is 25.4 Å². The Labute approximate surface area is 164 Å². The number of nitrogens with zero attached hydrogens (tertiary/aromatic N) is 3. The predicted octanol–water partition coefficient (Wildman–Crippen LogP) is 0.324. The first-order valence-electron chi connectivity index (χ1n) is 10.2. The van der Waals surface area contributed by atoms with Crippen molar-refractivity contribution in [3.63, 3.8) is 0 Å². The van der Waals surface area contributed by atoms with Crippen LogP contribution in [0.4, 0.5) is 0 Å². The third-order valence-electron chi connectivity index (χ3n) is 5.17. The standard InChI is InChI=1S/C18H37N5O3S/c1-4-13-27(24,25)23-7-5-17(6-8-23)21-18(19-3)20-14-16(2)15-22-9-11-26-12-10-22/h16-17H,4-15H2,1-3H3,(H2,19,20,21). The van der Waals surface area contributed by atoms with Crippen LogP contribution >= 0.6 is 0 Å². The number of nitrogens with one attached hydrogen (secondary N) is 2. The Bertz CT molecular complexity index is 555. The highest BCUT2D eigenvalue weighted by atomic mass is 32.2. The van der Waals surface area contributed by atoms with Gasteiger partial charge >= 0.3 is 0 Å². The lowest BCUT2D eigenvalue weighted by molar-refractivity contribution is 0.0320. The van der Waals surface area contributed by atoms with Crippen molar-refractivity contribution in [3.8, 4) is 0 Å². The van der Waals surface area contributed by atoms with Gasteiger partial charge in [-0.1, -0.05) is 13.8 Å². The molecule has 2 rings (SSSR count). The van der Waals surface area contributed by atoms with Gasteiger partial charge in [-0.05, 0) is 25.2 Å². The van der Waals surface area contributed by atoms with Gasteiger partial charge in [-0.15, -0.1) is 0 Å². The molecule has 0 spiro atoms. The molecule has 0 aromatic heterocycles. The normalized spacial score (nSPS) is 22.6. The highest BCUT2D eigenvalue weighted by Gasteiger charge is 2.27. The molecule has 0 bridgehead atoms. The van der Waals surface area contributed by atoms with E-state index in [1.165, 1.54) is 0 Å². The second kappa shape index (κ2) is 11.2. The van der Waals surface area contributed by atoms with Crippen LogP contribution in [-0.4, -0.2) is 94.9 Å². The van der Waals surface area contributed by atoms with Gasteiger partial charge in [-0.3, -0.25) is 9.89 Å². The van der Waals surface area contributed by atoms with Crippen molar-refractivity contribution in [2.75, 3.05) is 65.3 Å². The van der Waals surface area contributed by atoms with Crippen molar-refractivity contribution in [3.05, 3.63) is 0 Å². The Balaban J connectivity index is 1.69. The minimum Gasteiger partial charge on any atom is -0.379 e. The molecular formula is C18H37N5O3S. The molecule has 2 saturated heterocycles. The van der Waals surface area contributed by atoms with E-state index < -0.39 is 10.0 Å². The molecule has 9 heteroatoms. The SMILES string of the molecule is CCCS(=O)(=O)N1CCC(NC(=NC)NCC(C)CN2CCOCC2)CC1. The van der Waals surface area contributed by atoms with Crippen LogP contribution in [-0.2, 0) is 14.8 Å². The molecule has 1 unspecified atom stereocenters. The van der Waals surface area contributed by atoms with Crippen molar-refractivity contribution in [1.82, 2.24) is 19.8 Å². The Hall–Kier alpha value is -0.900. The fourth-order valence-corrected chi connectivity index (χ4v) is 5.15. The summed E-state index contributed by atoms with van der Waals surface area (Å²) >= 11 is 0. The van der Waals surface area contributed by atoms with E-state index in [0.717, 1.165) is 58.2 Å². The molecule has 0 aliphatic carbocycles. The van der Waals surface area contributed by atoms with Crippen LogP contribution in [0.5, 0.6) is 0 Å². The van der Waals surface area contributed by atoms with Crippen LogP contribution < -0.4 is 10.6 Å². The van der Waals surface area contributed by atoms with Gasteiger partial charge in [0.2, 0.25) is 10.0 Å². The molecule has 27 heavy (non-hydrogen) atoms. The molecule has 0 radical (unpaired) electrons. The summed E-state index contributed by atoms with van der Waals surface area (Å²) in [5.74, 6) is 1.57. The summed E-state index contributed by atoms with van der Waals surface area (Å²) in [7, 11) is -1.30. The van der Waals surface area contributed by atoms with Crippen molar-refractivity contribution in [2.24, 2.45) is 10.9 Å². The van der Waals surface area contributed by atoms with E-state index in [-0.39, 0.29) is 11.8 Å². The van der Waals surface area contributed by atoms with Gasteiger partial charge in [0.15, 0.2) is 5.96 Å². The van der Waals surface area contributed by atoms with Crippen molar-refractivity contribution in [2.45, 2.75) is 39.2 Å². The quantitative estimate of drug-likeness (QED) is 0.449. The van der Waals surface area contributed by atoms with Gasteiger partial charge in [0.25, 0.3) is 0 Å². The molecule has 0 aromatic carbocycles. The average Bonchev–Trinajstić information content (AvgIpc) is 2.66. The molecule has 2 fully saturated rings. The monoisotopic (exact) mass is 403 g/mol. The zero-order valence-corrected chi connectivity index (χ0v) is 17.9. The molecule has 0 amide bonds. The van der Waals surface area contributed by atoms with Gasteiger partial charge in [-0.2, -0.15) is 0 Å². The lowest BCUT2D eigenvalue weighted by Crippen LogP contribution is -2.51. The van der Waals surface area contributed by atoms with Gasteiger partial charge in [0.05, 0.1) is 19.0 Å². The lowest BCUT2D eigenvalue weighted by Gasteiger charge is -2.33. The zero-order chi connectivity index (χ0) is 19.7. The Morgan fingerprint density at radius 2 is 1.89 bits per heavy atom. The summed E-state index contributed by atoms with van der Waals surface area (Å²) in [4.78, 5) is 6.77. The van der Waals surface area contributed by atoms with Gasteiger partial charge in [-0.25, -0.2) is 12.7 Å². The Kier molecular flexibility index (Phi) is 9.28. The molecule has 2 heterocycles. The molecule has 2 N–H and O–H groups in total. The summed E-state index contributed by atoms with van der Waals surface area (Å²) in [5.41, 5.74) is 0. The third-order valence-corrected chi connectivity index (χ3v) is 7.24. The summed E-state index contributed by atoms with van der Waals surface area (Å²) in [6.45, 7) is 10.9. The van der Waals surface area contributed by atoms with E-state index in [1.54, 1.807) is 11.4 Å². The molecule has 0 aromatic rings. The number of guanidine groups is 1. The summed E-state index contributed by atoms with van der Waals surface area (Å²) in [6, 6.07) is 0.263. The summed E-state index contributed by atoms with van der Waals surface area (Å²) in [5, 5.41) is 6.87. The van der Waals surface area contributed by atoms with Crippen molar-refractivity contribution < 1.29 is 13.2 Å². The molecular weight excluding hydrogens is 366 g/mol. The first-order chi connectivity index (χ1) is 12.9. The minimum absolute atomic E-state index is 0.245. The number of ether oxygens (including phenoxy) is 1. The van der Waals surface area contributed by atoms with Crippen LogP contribution in [0.25, 0.3) is 0 Å². The summed E-state index contributed by atoms with van der Waals surface area (Å²) in [6.07, 6.45) is 2.29. The first-order valence-corrected chi connectivity index (χ1v) is 11.8. The number of hydrogen-bond acceptors (Lipinski definition) is 5. The van der Waals surface area contributed by atoms with E-state index in [4.69, 9.17) is 4.74 Å². The van der Waals surface area contributed by atoms with Crippen LogP contribution in [0.2, 0.25) is 0 Å². The maximum atomic E-state index is 12.2. The molecule has 8 nitrogen and oxygen atoms in total. The fraction of sp³-hybridized carbons (Fsp3) is 0.944. The van der Waals surface area contributed by atoms with Crippen LogP contribution in [0.15, 0.2) is 4.99 Å². The lowest BCUT2D eigenvalue weighted by atomic mass is 10.1. The van der Waals surface area contributed by atoms with Crippen LogP contribution in [0, 0.1) is 5.92 Å². The highest BCUT2D eigenvalue weighted by Crippen LogP contribution is 2.15. The van der Waals surface area contributed by atoms with Crippen molar-refractivity contribution >= 4 is 16.0 Å². The number of sulfonamides is 1. The molecule has 1 atom stereocenters. The predicted molar refractivity (Wildman–Crippen MR) is 110 cm³/mol. The smallest absolute Gasteiger partial charge is 0.214 e. The molecule has 2 aliphatic rings. The van der Waals surface area contributed by atoms with E-state index in [9.17, 15) is 8.42 Å². The third kappa shape index (κ3) is 7.56. The maximum absolute atomic E-state index is 12.2. The zero-order valence-electron chi connectivity index (χ0n) is 17.1.